The van der Waals surface area contributed by atoms with Crippen LogP contribution in [0.25, 0.3) is 5.65 Å². The highest BCUT2D eigenvalue weighted by Crippen LogP contribution is 2.04. The van der Waals surface area contributed by atoms with E-state index in [4.69, 9.17) is 10.2 Å². The highest BCUT2D eigenvalue weighted by molar-refractivity contribution is 5.39. The van der Waals surface area contributed by atoms with Gasteiger partial charge >= 0.3 is 0 Å². The molecule has 0 aliphatic carbocycles. The molecule has 86 valence electrons. The Morgan fingerprint density at radius 3 is 2.81 bits per heavy atom. The molecule has 0 saturated heterocycles. The second-order valence-electron chi connectivity index (χ2n) is 3.64. The summed E-state index contributed by atoms with van der Waals surface area (Å²) in [5, 5.41) is 20.8. The molecule has 2 aromatic rings. The van der Waals surface area contributed by atoms with Gasteiger partial charge in [0, 0.05) is 18.9 Å². The monoisotopic (exact) mass is 221 g/mol. The Kier molecular flexibility index (Phi) is 3.51. The van der Waals surface area contributed by atoms with Crippen LogP contribution in [0, 0.1) is 0 Å². The highest BCUT2D eigenvalue weighted by Gasteiger charge is 2.06. The highest BCUT2D eigenvalue weighted by atomic mass is 16.3. The average molecular weight is 221 g/mol. The summed E-state index contributed by atoms with van der Waals surface area (Å²) >= 11 is 0. The molecule has 0 fully saturated rings. The van der Waals surface area contributed by atoms with E-state index in [1.54, 1.807) is 0 Å². The van der Waals surface area contributed by atoms with Crippen molar-refractivity contribution in [3.63, 3.8) is 0 Å². The van der Waals surface area contributed by atoms with Crippen LogP contribution in [0.3, 0.4) is 0 Å². The number of nitrogens with zero attached hydrogens (tertiary/aromatic N) is 2. The Morgan fingerprint density at radius 2 is 2.12 bits per heavy atom. The number of fused-ring (bicyclic) bond motifs is 1. The average Bonchev–Trinajstić information content (AvgIpc) is 2.73. The molecule has 0 bridgehead atoms. The molecule has 3 N–H and O–H groups in total. The molecule has 0 unspecified atom stereocenters. The summed E-state index contributed by atoms with van der Waals surface area (Å²) in [6.45, 7) is 0.376. The Labute approximate surface area is 93.4 Å². The first-order valence-electron chi connectivity index (χ1n) is 5.21. The van der Waals surface area contributed by atoms with Gasteiger partial charge in [0.05, 0.1) is 24.9 Å². The molecule has 0 saturated carbocycles. The van der Waals surface area contributed by atoms with Gasteiger partial charge in [0.15, 0.2) is 0 Å². The van der Waals surface area contributed by atoms with Crippen molar-refractivity contribution in [2.75, 3.05) is 13.2 Å². The zero-order valence-electron chi connectivity index (χ0n) is 8.87. The number of rotatable bonds is 5. The van der Waals surface area contributed by atoms with E-state index < -0.39 is 0 Å². The largest absolute Gasteiger partial charge is 0.395 e. The van der Waals surface area contributed by atoms with E-state index in [9.17, 15) is 0 Å². The zero-order chi connectivity index (χ0) is 11.4. The summed E-state index contributed by atoms with van der Waals surface area (Å²) in [7, 11) is 0. The third-order valence-electron chi connectivity index (χ3n) is 2.43. The van der Waals surface area contributed by atoms with Gasteiger partial charge in [0.25, 0.3) is 0 Å². The zero-order valence-corrected chi connectivity index (χ0v) is 8.87. The predicted octanol–water partition coefficient (Wildman–Crippen LogP) is -0.223. The van der Waals surface area contributed by atoms with Crippen LogP contribution in [-0.2, 0) is 6.54 Å². The number of aromatic nitrogens is 2. The van der Waals surface area contributed by atoms with Crippen LogP contribution in [-0.4, -0.2) is 38.9 Å². The molecular weight excluding hydrogens is 206 g/mol. The third-order valence-corrected chi connectivity index (χ3v) is 2.43. The van der Waals surface area contributed by atoms with Crippen LogP contribution < -0.4 is 5.32 Å². The van der Waals surface area contributed by atoms with Crippen LogP contribution >= 0.6 is 0 Å². The maximum absolute atomic E-state index is 8.90. The van der Waals surface area contributed by atoms with Gasteiger partial charge in [-0.1, -0.05) is 6.07 Å². The topological polar surface area (TPSA) is 69.8 Å². The van der Waals surface area contributed by atoms with E-state index in [1.807, 2.05) is 35.0 Å². The molecule has 0 spiro atoms. The number of aliphatic hydroxyl groups is 2. The Hall–Kier alpha value is -1.43. The first kappa shape index (κ1) is 11.1. The van der Waals surface area contributed by atoms with Crippen molar-refractivity contribution in [3.05, 3.63) is 36.3 Å². The van der Waals surface area contributed by atoms with Gasteiger partial charge < -0.3 is 19.9 Å². The summed E-state index contributed by atoms with van der Waals surface area (Å²) in [6, 6.07) is 5.52. The van der Waals surface area contributed by atoms with E-state index in [0.717, 1.165) is 11.3 Å². The summed E-state index contributed by atoms with van der Waals surface area (Å²) in [6.07, 6.45) is 3.86. The molecule has 2 aromatic heterocycles. The summed E-state index contributed by atoms with van der Waals surface area (Å²) in [5.74, 6) is 0. The van der Waals surface area contributed by atoms with Crippen molar-refractivity contribution in [1.29, 1.82) is 0 Å². The lowest BCUT2D eigenvalue weighted by atomic mass is 10.3. The van der Waals surface area contributed by atoms with Crippen molar-refractivity contribution in [2.45, 2.75) is 12.6 Å². The maximum Gasteiger partial charge on any atom is 0.137 e. The maximum atomic E-state index is 8.90. The van der Waals surface area contributed by atoms with Gasteiger partial charge in [0.1, 0.15) is 5.65 Å². The van der Waals surface area contributed by atoms with Gasteiger partial charge in [0.2, 0.25) is 0 Å². The molecule has 16 heavy (non-hydrogen) atoms. The second-order valence-corrected chi connectivity index (χ2v) is 3.64. The fourth-order valence-electron chi connectivity index (χ4n) is 1.51. The minimum Gasteiger partial charge on any atom is -0.395 e. The van der Waals surface area contributed by atoms with Gasteiger partial charge in [-0.3, -0.25) is 0 Å². The fourth-order valence-corrected chi connectivity index (χ4v) is 1.51. The Morgan fingerprint density at radius 1 is 1.31 bits per heavy atom. The van der Waals surface area contributed by atoms with Crippen molar-refractivity contribution in [1.82, 2.24) is 14.7 Å². The van der Waals surface area contributed by atoms with Crippen LogP contribution in [0.15, 0.2) is 30.6 Å². The molecule has 0 aliphatic rings. The predicted molar refractivity (Wildman–Crippen MR) is 60.0 cm³/mol. The molecule has 0 aliphatic heterocycles. The summed E-state index contributed by atoms with van der Waals surface area (Å²) < 4.78 is 1.93. The molecule has 0 radical (unpaired) electrons. The molecule has 2 heterocycles. The Balaban J connectivity index is 2.04. The van der Waals surface area contributed by atoms with Crippen molar-refractivity contribution < 1.29 is 10.2 Å². The number of hydrogen-bond donors (Lipinski definition) is 3. The molecule has 2 rings (SSSR count). The lowest BCUT2D eigenvalue weighted by molar-refractivity contribution is 0.170. The second kappa shape index (κ2) is 5.07. The van der Waals surface area contributed by atoms with Gasteiger partial charge in [-0.05, 0) is 12.1 Å². The van der Waals surface area contributed by atoms with Gasteiger partial charge in [-0.2, -0.15) is 0 Å². The van der Waals surface area contributed by atoms with Crippen molar-refractivity contribution in [3.8, 4) is 0 Å². The van der Waals surface area contributed by atoms with E-state index in [-0.39, 0.29) is 19.3 Å². The number of hydrogen-bond acceptors (Lipinski definition) is 4. The fraction of sp³-hybridized carbons (Fsp3) is 0.364. The van der Waals surface area contributed by atoms with Crippen molar-refractivity contribution >= 4 is 5.65 Å². The first-order valence-corrected chi connectivity index (χ1v) is 5.21. The quantitative estimate of drug-likeness (QED) is 0.652. The van der Waals surface area contributed by atoms with Gasteiger partial charge in [-0.15, -0.1) is 0 Å². The minimum atomic E-state index is -0.287. The lowest BCUT2D eigenvalue weighted by Gasteiger charge is -2.11. The van der Waals surface area contributed by atoms with Crippen LogP contribution in [0.5, 0.6) is 0 Å². The number of pyridine rings is 1. The minimum absolute atomic E-state index is 0.0795. The standard InChI is InChI=1S/C11H15N3O2/c15-7-10(8-16)12-5-9-6-14-4-2-1-3-11(14)13-9/h1-4,6,10,12,15-16H,5,7-8H2. The van der Waals surface area contributed by atoms with E-state index >= 15 is 0 Å². The van der Waals surface area contributed by atoms with Gasteiger partial charge in [-0.25, -0.2) is 4.98 Å². The molecule has 0 atom stereocenters. The molecule has 0 aromatic carbocycles. The molecule has 5 nitrogen and oxygen atoms in total. The van der Waals surface area contributed by atoms with Crippen LogP contribution in [0.2, 0.25) is 0 Å². The SMILES string of the molecule is OCC(CO)NCc1cn2ccccc2n1. The Bertz CT molecular complexity index is 418. The molecule has 5 heteroatoms. The molecular formula is C11H15N3O2. The smallest absolute Gasteiger partial charge is 0.137 e. The van der Waals surface area contributed by atoms with Crippen LogP contribution in [0.4, 0.5) is 0 Å². The number of nitrogens with one attached hydrogen (secondary N) is 1. The summed E-state index contributed by atoms with van der Waals surface area (Å²) in [4.78, 5) is 4.39. The summed E-state index contributed by atoms with van der Waals surface area (Å²) in [5.41, 5.74) is 1.78. The number of imidazole rings is 1. The number of aliphatic hydroxyl groups excluding tert-OH is 2. The van der Waals surface area contributed by atoms with Crippen molar-refractivity contribution in [2.24, 2.45) is 0 Å². The third kappa shape index (κ3) is 2.38. The van der Waals surface area contributed by atoms with E-state index in [1.165, 1.54) is 0 Å². The van der Waals surface area contributed by atoms with Crippen LogP contribution in [0.1, 0.15) is 5.69 Å². The van der Waals surface area contributed by atoms with E-state index in [2.05, 4.69) is 10.3 Å². The normalized spacial score (nSPS) is 11.4. The molecule has 0 amide bonds. The first-order chi connectivity index (χ1) is 7.83. The van der Waals surface area contributed by atoms with E-state index in [0.29, 0.717) is 6.54 Å². The lowest BCUT2D eigenvalue weighted by Crippen LogP contribution is -2.35.